The van der Waals surface area contributed by atoms with E-state index in [4.69, 9.17) is 0 Å². The lowest BCUT2D eigenvalue weighted by atomic mass is 9.63. The van der Waals surface area contributed by atoms with Gasteiger partial charge < -0.3 is 0 Å². The molecule has 0 saturated carbocycles. The largest absolute Gasteiger partial charge is 0.242 e. The van der Waals surface area contributed by atoms with E-state index in [1.807, 2.05) is 0 Å². The van der Waals surface area contributed by atoms with E-state index >= 15 is 8.78 Å². The fourth-order valence-corrected chi connectivity index (χ4v) is 5.41. The van der Waals surface area contributed by atoms with Crippen LogP contribution in [0.3, 0.4) is 0 Å². The van der Waals surface area contributed by atoms with Gasteiger partial charge >= 0.3 is 0 Å². The Kier molecular flexibility index (Phi) is 13.2. The fourth-order valence-electron chi connectivity index (χ4n) is 5.41. The third-order valence-corrected chi connectivity index (χ3v) is 7.56. The van der Waals surface area contributed by atoms with E-state index in [1.165, 1.54) is 88.7 Å². The number of allylic oxidation sites excluding steroid dienone is 8. The van der Waals surface area contributed by atoms with Gasteiger partial charge in [0.25, 0.3) is 0 Å². The zero-order valence-corrected chi connectivity index (χ0v) is 20.9. The van der Waals surface area contributed by atoms with Gasteiger partial charge in [0.1, 0.15) is 12.0 Å². The minimum atomic E-state index is -1.24. The van der Waals surface area contributed by atoms with Crippen molar-refractivity contribution < 1.29 is 8.78 Å². The van der Waals surface area contributed by atoms with Crippen LogP contribution in [-0.4, -0.2) is 6.17 Å². The molecule has 0 heterocycles. The Labute approximate surface area is 197 Å². The molecule has 2 aliphatic carbocycles. The molecule has 2 rings (SSSR count). The quantitative estimate of drug-likeness (QED) is 0.195. The highest BCUT2D eigenvalue weighted by molar-refractivity contribution is 5.33. The summed E-state index contributed by atoms with van der Waals surface area (Å²) >= 11 is 0. The molecule has 0 aromatic carbocycles. The Hall–Kier alpha value is -1.18. The summed E-state index contributed by atoms with van der Waals surface area (Å²) in [6.45, 7) is 4.48. The van der Waals surface area contributed by atoms with Gasteiger partial charge in [0, 0.05) is 0 Å². The smallest absolute Gasteiger partial charge is 0.131 e. The maximum atomic E-state index is 15.3. The van der Waals surface area contributed by atoms with Gasteiger partial charge in [0.2, 0.25) is 0 Å². The van der Waals surface area contributed by atoms with Crippen LogP contribution >= 0.6 is 0 Å². The van der Waals surface area contributed by atoms with Crippen LogP contribution in [0, 0.1) is 11.3 Å². The molecule has 0 aliphatic heterocycles. The van der Waals surface area contributed by atoms with Crippen molar-refractivity contribution in [2.24, 2.45) is 11.3 Å². The number of alkyl halides is 1. The lowest BCUT2D eigenvalue weighted by Gasteiger charge is -2.42. The van der Waals surface area contributed by atoms with E-state index in [9.17, 15) is 0 Å². The first kappa shape index (κ1) is 27.1. The van der Waals surface area contributed by atoms with Crippen LogP contribution in [-0.2, 0) is 0 Å². The maximum absolute atomic E-state index is 15.3. The molecular weight excluding hydrogens is 398 g/mol. The predicted molar refractivity (Wildman–Crippen MR) is 136 cm³/mol. The Morgan fingerprint density at radius 2 is 1.41 bits per heavy atom. The molecule has 0 saturated heterocycles. The Morgan fingerprint density at radius 3 is 1.97 bits per heavy atom. The van der Waals surface area contributed by atoms with Gasteiger partial charge in [-0.3, -0.25) is 0 Å². The molecule has 3 unspecified atom stereocenters. The molecular formula is C30H48F2. The Morgan fingerprint density at radius 1 is 0.812 bits per heavy atom. The zero-order valence-electron chi connectivity index (χ0n) is 20.9. The second-order valence-electron chi connectivity index (χ2n) is 10.1. The molecule has 0 aromatic rings. The van der Waals surface area contributed by atoms with Crippen LogP contribution in [0.1, 0.15) is 123 Å². The van der Waals surface area contributed by atoms with E-state index in [-0.39, 0.29) is 11.7 Å². The molecule has 32 heavy (non-hydrogen) atoms. The minimum absolute atomic E-state index is 0.0865. The average Bonchev–Trinajstić information content (AvgIpc) is 2.80. The van der Waals surface area contributed by atoms with Crippen molar-refractivity contribution in [1.82, 2.24) is 0 Å². The van der Waals surface area contributed by atoms with E-state index in [2.05, 4.69) is 32.1 Å². The first-order chi connectivity index (χ1) is 15.6. The molecule has 0 bridgehead atoms. The summed E-state index contributed by atoms with van der Waals surface area (Å²) in [5.41, 5.74) is 0.348. The van der Waals surface area contributed by atoms with Gasteiger partial charge in [-0.2, -0.15) is 0 Å². The van der Waals surface area contributed by atoms with Gasteiger partial charge in [-0.05, 0) is 43.8 Å². The highest BCUT2D eigenvalue weighted by Crippen LogP contribution is 2.51. The Bertz CT molecular complexity index is 627. The number of rotatable bonds is 17. The second-order valence-corrected chi connectivity index (χ2v) is 10.1. The summed E-state index contributed by atoms with van der Waals surface area (Å²) in [6, 6.07) is 0. The van der Waals surface area contributed by atoms with E-state index in [0.29, 0.717) is 6.42 Å². The van der Waals surface area contributed by atoms with Crippen LogP contribution in [0.5, 0.6) is 0 Å². The van der Waals surface area contributed by atoms with Crippen LogP contribution in [0.25, 0.3) is 0 Å². The van der Waals surface area contributed by atoms with Gasteiger partial charge in [0.15, 0.2) is 0 Å². The number of hydrogen-bond donors (Lipinski definition) is 0. The molecule has 0 radical (unpaired) electrons. The second kappa shape index (κ2) is 15.6. The topological polar surface area (TPSA) is 0 Å². The molecule has 0 spiro atoms. The molecule has 0 N–H and O–H groups in total. The van der Waals surface area contributed by atoms with E-state index < -0.39 is 11.6 Å². The molecule has 3 atom stereocenters. The standard InChI is InChI=1S/C30H48F2/c1-3-5-7-9-11-12-14-16-25-30(28(31)19-17-20-29(30)32)27-23-21-26(22-24-27)18-15-13-10-8-6-4-2/h17,19-23,27-28H,3-16,18,24-25H2,1-2H3. The number of halogens is 2. The van der Waals surface area contributed by atoms with Gasteiger partial charge in [-0.1, -0.05) is 127 Å². The lowest BCUT2D eigenvalue weighted by Crippen LogP contribution is -2.40. The zero-order chi connectivity index (χ0) is 23.1. The third-order valence-electron chi connectivity index (χ3n) is 7.56. The highest BCUT2D eigenvalue weighted by Gasteiger charge is 2.48. The fraction of sp³-hybridized carbons (Fsp3) is 0.733. The van der Waals surface area contributed by atoms with Crippen molar-refractivity contribution in [2.45, 2.75) is 129 Å². The first-order valence-corrected chi connectivity index (χ1v) is 13.7. The van der Waals surface area contributed by atoms with E-state index in [1.54, 1.807) is 12.2 Å². The van der Waals surface area contributed by atoms with Gasteiger partial charge in [-0.25, -0.2) is 8.78 Å². The van der Waals surface area contributed by atoms with Crippen molar-refractivity contribution in [2.75, 3.05) is 0 Å². The number of hydrogen-bond acceptors (Lipinski definition) is 0. The molecule has 0 fully saturated rings. The lowest BCUT2D eigenvalue weighted by molar-refractivity contribution is 0.0860. The van der Waals surface area contributed by atoms with Crippen LogP contribution in [0.15, 0.2) is 47.9 Å². The van der Waals surface area contributed by atoms with Crippen molar-refractivity contribution in [3.05, 3.63) is 47.9 Å². The summed E-state index contributed by atoms with van der Waals surface area (Å²) in [7, 11) is 0. The molecule has 2 heteroatoms. The normalized spacial score (nSPS) is 25.1. The maximum Gasteiger partial charge on any atom is 0.131 e. The van der Waals surface area contributed by atoms with Crippen molar-refractivity contribution in [3.63, 3.8) is 0 Å². The summed E-state index contributed by atoms with van der Waals surface area (Å²) in [5, 5.41) is 0. The minimum Gasteiger partial charge on any atom is -0.242 e. The van der Waals surface area contributed by atoms with Crippen molar-refractivity contribution >= 4 is 0 Å². The molecule has 0 aromatic heterocycles. The summed E-state index contributed by atoms with van der Waals surface area (Å²) < 4.78 is 30.5. The SMILES string of the molecule is CCCCCCCCCCC1(C2C=CC(CCCCCCCC)=CC2)C(F)=CC=CC1F. The van der Waals surface area contributed by atoms with Crippen LogP contribution < -0.4 is 0 Å². The summed E-state index contributed by atoms with van der Waals surface area (Å²) in [6.07, 6.45) is 29.8. The molecule has 182 valence electrons. The monoisotopic (exact) mass is 446 g/mol. The van der Waals surface area contributed by atoms with Gasteiger partial charge in [0.05, 0.1) is 5.41 Å². The van der Waals surface area contributed by atoms with Crippen molar-refractivity contribution in [1.29, 1.82) is 0 Å². The van der Waals surface area contributed by atoms with E-state index in [0.717, 1.165) is 25.7 Å². The number of unbranched alkanes of at least 4 members (excludes halogenated alkanes) is 12. The van der Waals surface area contributed by atoms with Crippen LogP contribution in [0.2, 0.25) is 0 Å². The third kappa shape index (κ3) is 8.31. The summed E-state index contributed by atoms with van der Waals surface area (Å²) in [4.78, 5) is 0. The molecule has 0 nitrogen and oxygen atoms in total. The van der Waals surface area contributed by atoms with Crippen LogP contribution in [0.4, 0.5) is 8.78 Å². The molecule has 2 aliphatic rings. The predicted octanol–water partition coefficient (Wildman–Crippen LogP) is 10.5. The van der Waals surface area contributed by atoms with Crippen molar-refractivity contribution in [3.8, 4) is 0 Å². The average molecular weight is 447 g/mol. The van der Waals surface area contributed by atoms with Gasteiger partial charge in [-0.15, -0.1) is 0 Å². The first-order valence-electron chi connectivity index (χ1n) is 13.7. The summed E-state index contributed by atoms with van der Waals surface area (Å²) in [5.74, 6) is -0.338. The molecule has 0 amide bonds. The Balaban J connectivity index is 1.85. The highest BCUT2D eigenvalue weighted by atomic mass is 19.1.